The van der Waals surface area contributed by atoms with Gasteiger partial charge in [0.2, 0.25) is 0 Å². The second-order valence-corrected chi connectivity index (χ2v) is 6.18. The van der Waals surface area contributed by atoms with Crippen LogP contribution in [-0.2, 0) is 11.2 Å². The van der Waals surface area contributed by atoms with Crippen molar-refractivity contribution in [1.29, 1.82) is 0 Å². The Kier molecular flexibility index (Phi) is 5.12. The molecule has 5 heteroatoms. The first kappa shape index (κ1) is 17.1. The molecule has 0 unspecified atom stereocenters. The molecular formula is C20H23NO4. The molecule has 5 nitrogen and oxygen atoms in total. The second kappa shape index (κ2) is 7.47. The molecule has 1 aliphatic rings. The number of hydrogen-bond donors (Lipinski definition) is 1. The van der Waals surface area contributed by atoms with Crippen LogP contribution in [0.25, 0.3) is 0 Å². The van der Waals surface area contributed by atoms with E-state index in [2.05, 4.69) is 5.32 Å². The van der Waals surface area contributed by atoms with Crippen molar-refractivity contribution in [2.45, 2.75) is 33.3 Å². The Hall–Kier alpha value is -2.69. The van der Waals surface area contributed by atoms with Gasteiger partial charge in [0.05, 0.1) is 12.3 Å². The molecule has 1 atom stereocenters. The van der Waals surface area contributed by atoms with Crippen molar-refractivity contribution in [2.75, 3.05) is 18.5 Å². The van der Waals surface area contributed by atoms with Gasteiger partial charge in [-0.05, 0) is 44.5 Å². The van der Waals surface area contributed by atoms with E-state index in [0.717, 1.165) is 23.3 Å². The Labute approximate surface area is 147 Å². The Balaban J connectivity index is 1.69. The standard InChI is InChI=1S/C20H23NO4/c1-4-23-19-10-15-9-14(3)25-18(15)11-17(19)21-20(22)12-24-16-7-5-6-13(2)8-16/h5-8,10-11,14H,4,9,12H2,1-3H3,(H,21,22)/t14-/m1/s1. The Morgan fingerprint density at radius 3 is 2.88 bits per heavy atom. The molecule has 1 aliphatic heterocycles. The van der Waals surface area contributed by atoms with E-state index in [1.807, 2.05) is 57.2 Å². The molecule has 0 aliphatic carbocycles. The number of fused-ring (bicyclic) bond motifs is 1. The molecule has 0 saturated heterocycles. The molecular weight excluding hydrogens is 318 g/mol. The number of ether oxygens (including phenoxy) is 3. The number of carbonyl (C=O) groups excluding carboxylic acids is 1. The van der Waals surface area contributed by atoms with Crippen LogP contribution in [0.3, 0.4) is 0 Å². The molecule has 0 spiro atoms. The van der Waals surface area contributed by atoms with E-state index in [0.29, 0.717) is 23.8 Å². The SMILES string of the molecule is CCOc1cc2c(cc1NC(=O)COc1cccc(C)c1)O[C@H](C)C2. The van der Waals surface area contributed by atoms with Gasteiger partial charge in [-0.3, -0.25) is 4.79 Å². The van der Waals surface area contributed by atoms with Crippen molar-refractivity contribution >= 4 is 11.6 Å². The topological polar surface area (TPSA) is 56.8 Å². The number of rotatable bonds is 6. The first-order valence-electron chi connectivity index (χ1n) is 8.51. The summed E-state index contributed by atoms with van der Waals surface area (Å²) in [5.41, 5.74) is 2.79. The van der Waals surface area contributed by atoms with Crippen LogP contribution in [0, 0.1) is 6.92 Å². The van der Waals surface area contributed by atoms with E-state index in [4.69, 9.17) is 14.2 Å². The summed E-state index contributed by atoms with van der Waals surface area (Å²) in [6, 6.07) is 11.4. The molecule has 132 valence electrons. The molecule has 1 heterocycles. The third-order valence-electron chi connectivity index (χ3n) is 3.93. The molecule has 25 heavy (non-hydrogen) atoms. The van der Waals surface area contributed by atoms with Gasteiger partial charge in [-0.2, -0.15) is 0 Å². The van der Waals surface area contributed by atoms with Crippen molar-refractivity contribution in [3.8, 4) is 17.2 Å². The summed E-state index contributed by atoms with van der Waals surface area (Å²) in [5, 5.41) is 2.86. The fraction of sp³-hybridized carbons (Fsp3) is 0.350. The van der Waals surface area contributed by atoms with E-state index < -0.39 is 0 Å². The van der Waals surface area contributed by atoms with E-state index >= 15 is 0 Å². The zero-order valence-corrected chi connectivity index (χ0v) is 14.8. The highest BCUT2D eigenvalue weighted by atomic mass is 16.5. The fourth-order valence-electron chi connectivity index (χ4n) is 2.85. The Morgan fingerprint density at radius 2 is 2.12 bits per heavy atom. The van der Waals surface area contributed by atoms with Crippen LogP contribution in [-0.4, -0.2) is 25.2 Å². The number of benzene rings is 2. The summed E-state index contributed by atoms with van der Waals surface area (Å²) in [4.78, 5) is 12.3. The average molecular weight is 341 g/mol. The molecule has 3 rings (SSSR count). The predicted molar refractivity (Wildman–Crippen MR) is 96.7 cm³/mol. The van der Waals surface area contributed by atoms with Crippen LogP contribution in [0.4, 0.5) is 5.69 Å². The number of amides is 1. The Bertz CT molecular complexity index is 772. The van der Waals surface area contributed by atoms with Gasteiger partial charge in [0.1, 0.15) is 23.4 Å². The van der Waals surface area contributed by atoms with Gasteiger partial charge in [-0.25, -0.2) is 0 Å². The zero-order chi connectivity index (χ0) is 17.8. The lowest BCUT2D eigenvalue weighted by Gasteiger charge is -2.14. The first-order chi connectivity index (χ1) is 12.0. The summed E-state index contributed by atoms with van der Waals surface area (Å²) in [6.45, 7) is 6.38. The summed E-state index contributed by atoms with van der Waals surface area (Å²) < 4.78 is 17.0. The average Bonchev–Trinajstić information content (AvgIpc) is 2.92. The highest BCUT2D eigenvalue weighted by molar-refractivity contribution is 5.93. The molecule has 0 bridgehead atoms. The minimum atomic E-state index is -0.242. The van der Waals surface area contributed by atoms with Crippen molar-refractivity contribution in [3.05, 3.63) is 47.5 Å². The van der Waals surface area contributed by atoms with Gasteiger partial charge >= 0.3 is 0 Å². The van der Waals surface area contributed by atoms with Crippen molar-refractivity contribution in [2.24, 2.45) is 0 Å². The molecule has 2 aromatic rings. The monoisotopic (exact) mass is 341 g/mol. The van der Waals surface area contributed by atoms with Gasteiger partial charge < -0.3 is 19.5 Å². The number of nitrogens with one attached hydrogen (secondary N) is 1. The highest BCUT2D eigenvalue weighted by Crippen LogP contribution is 2.38. The molecule has 0 saturated carbocycles. The van der Waals surface area contributed by atoms with E-state index in [1.54, 1.807) is 0 Å². The minimum absolute atomic E-state index is 0.0661. The van der Waals surface area contributed by atoms with Crippen LogP contribution in [0.2, 0.25) is 0 Å². The number of carbonyl (C=O) groups is 1. The van der Waals surface area contributed by atoms with E-state index in [-0.39, 0.29) is 18.6 Å². The molecule has 0 fully saturated rings. The Morgan fingerprint density at radius 1 is 1.28 bits per heavy atom. The molecule has 2 aromatic carbocycles. The van der Waals surface area contributed by atoms with Gasteiger partial charge in [0, 0.05) is 18.1 Å². The smallest absolute Gasteiger partial charge is 0.262 e. The summed E-state index contributed by atoms with van der Waals surface area (Å²) in [5.74, 6) is 1.88. The lowest BCUT2D eigenvalue weighted by atomic mass is 10.1. The fourth-order valence-corrected chi connectivity index (χ4v) is 2.85. The van der Waals surface area contributed by atoms with Crippen LogP contribution < -0.4 is 19.5 Å². The van der Waals surface area contributed by atoms with Gasteiger partial charge in [0.15, 0.2) is 6.61 Å². The lowest BCUT2D eigenvalue weighted by molar-refractivity contribution is -0.118. The normalized spacial score (nSPS) is 15.2. The largest absolute Gasteiger partial charge is 0.492 e. The number of anilines is 1. The minimum Gasteiger partial charge on any atom is -0.492 e. The molecule has 1 amide bonds. The second-order valence-electron chi connectivity index (χ2n) is 6.18. The van der Waals surface area contributed by atoms with Crippen LogP contribution >= 0.6 is 0 Å². The lowest BCUT2D eigenvalue weighted by Crippen LogP contribution is -2.20. The molecule has 1 N–H and O–H groups in total. The van der Waals surface area contributed by atoms with Crippen molar-refractivity contribution in [1.82, 2.24) is 0 Å². The first-order valence-corrected chi connectivity index (χ1v) is 8.51. The van der Waals surface area contributed by atoms with Gasteiger partial charge in [0.25, 0.3) is 5.91 Å². The van der Waals surface area contributed by atoms with Crippen LogP contribution in [0.1, 0.15) is 25.0 Å². The molecule has 0 radical (unpaired) electrons. The molecule has 0 aromatic heterocycles. The van der Waals surface area contributed by atoms with Gasteiger partial charge in [-0.15, -0.1) is 0 Å². The quantitative estimate of drug-likeness (QED) is 0.870. The summed E-state index contributed by atoms with van der Waals surface area (Å²) in [6.07, 6.45) is 0.986. The maximum absolute atomic E-state index is 12.3. The van der Waals surface area contributed by atoms with Crippen molar-refractivity contribution in [3.63, 3.8) is 0 Å². The van der Waals surface area contributed by atoms with E-state index in [9.17, 15) is 4.79 Å². The van der Waals surface area contributed by atoms with Crippen molar-refractivity contribution < 1.29 is 19.0 Å². The third-order valence-corrected chi connectivity index (χ3v) is 3.93. The number of hydrogen-bond acceptors (Lipinski definition) is 4. The number of aryl methyl sites for hydroxylation is 1. The van der Waals surface area contributed by atoms with Crippen LogP contribution in [0.5, 0.6) is 17.2 Å². The maximum atomic E-state index is 12.3. The maximum Gasteiger partial charge on any atom is 0.262 e. The summed E-state index contributed by atoms with van der Waals surface area (Å²) >= 11 is 0. The zero-order valence-electron chi connectivity index (χ0n) is 14.8. The van der Waals surface area contributed by atoms with E-state index in [1.165, 1.54) is 0 Å². The van der Waals surface area contributed by atoms with Gasteiger partial charge in [-0.1, -0.05) is 12.1 Å². The third kappa shape index (κ3) is 4.24. The summed E-state index contributed by atoms with van der Waals surface area (Å²) in [7, 11) is 0. The predicted octanol–water partition coefficient (Wildman–Crippen LogP) is 3.73. The van der Waals surface area contributed by atoms with Crippen LogP contribution in [0.15, 0.2) is 36.4 Å². The highest BCUT2D eigenvalue weighted by Gasteiger charge is 2.22.